The first-order valence-corrected chi connectivity index (χ1v) is 5.03. The van der Waals surface area contributed by atoms with Gasteiger partial charge in [-0.1, -0.05) is 0 Å². The van der Waals surface area contributed by atoms with Crippen LogP contribution >= 0.6 is 15.9 Å². The summed E-state index contributed by atoms with van der Waals surface area (Å²) in [6, 6.07) is 2.59. The summed E-state index contributed by atoms with van der Waals surface area (Å²) in [5.41, 5.74) is 4.05. The van der Waals surface area contributed by atoms with Crippen LogP contribution in [0.3, 0.4) is 0 Å². The Balaban J connectivity index is 1.95. The summed E-state index contributed by atoms with van der Waals surface area (Å²) in [6.07, 6.45) is 7.81. The van der Waals surface area contributed by atoms with Gasteiger partial charge in [0.2, 0.25) is 0 Å². The van der Waals surface area contributed by atoms with Crippen LogP contribution in [-0.2, 0) is 0 Å². The zero-order valence-corrected chi connectivity index (χ0v) is 8.66. The normalized spacial score (nSPS) is 16.4. The number of hydrazone groups is 1. The van der Waals surface area contributed by atoms with E-state index in [1.54, 1.807) is 18.6 Å². The van der Waals surface area contributed by atoms with Crippen LogP contribution in [0.1, 0.15) is 18.4 Å². The van der Waals surface area contributed by atoms with Crippen molar-refractivity contribution in [1.29, 1.82) is 0 Å². The summed E-state index contributed by atoms with van der Waals surface area (Å²) in [5.74, 6) is 0. The predicted molar refractivity (Wildman–Crippen MR) is 55.7 cm³/mol. The highest BCUT2D eigenvalue weighted by atomic mass is 79.9. The first kappa shape index (κ1) is 8.69. The Morgan fingerprint density at radius 1 is 1.54 bits per heavy atom. The van der Waals surface area contributed by atoms with Gasteiger partial charge in [0.15, 0.2) is 0 Å². The topological polar surface area (TPSA) is 37.3 Å². The smallest absolute Gasteiger partial charge is 0.0556 e. The lowest BCUT2D eigenvalue weighted by Gasteiger charge is -1.95. The van der Waals surface area contributed by atoms with Crippen LogP contribution in [0.4, 0.5) is 0 Å². The second-order valence-corrected chi connectivity index (χ2v) is 4.01. The second-order valence-electron chi connectivity index (χ2n) is 3.10. The maximum absolute atomic E-state index is 4.11. The van der Waals surface area contributed by atoms with Crippen LogP contribution in [0, 0.1) is 0 Å². The molecular formula is C9H10BrN3. The lowest BCUT2D eigenvalue weighted by molar-refractivity contribution is 0.741. The first-order chi connectivity index (χ1) is 6.34. The molecular weight excluding hydrogens is 230 g/mol. The molecule has 13 heavy (non-hydrogen) atoms. The molecule has 0 spiro atoms. The Labute approximate surface area is 85.4 Å². The molecule has 0 unspecified atom stereocenters. The average molecular weight is 240 g/mol. The monoisotopic (exact) mass is 239 g/mol. The molecule has 0 atom stereocenters. The van der Waals surface area contributed by atoms with Crippen molar-refractivity contribution in [3.63, 3.8) is 0 Å². The molecule has 4 heteroatoms. The number of hydrogen-bond acceptors (Lipinski definition) is 3. The summed E-state index contributed by atoms with van der Waals surface area (Å²) in [6.45, 7) is 0. The number of hydrogen-bond donors (Lipinski definition) is 1. The van der Waals surface area contributed by atoms with Crippen molar-refractivity contribution < 1.29 is 0 Å². The molecule has 68 valence electrons. The van der Waals surface area contributed by atoms with Crippen molar-refractivity contribution in [3.05, 3.63) is 28.5 Å². The van der Waals surface area contributed by atoms with Gasteiger partial charge >= 0.3 is 0 Å². The van der Waals surface area contributed by atoms with Crippen LogP contribution in [-0.4, -0.2) is 17.2 Å². The van der Waals surface area contributed by atoms with E-state index in [1.807, 2.05) is 6.07 Å². The molecule has 0 aliphatic heterocycles. The predicted octanol–water partition coefficient (Wildman–Crippen LogP) is 1.93. The molecule has 1 aliphatic rings. The van der Waals surface area contributed by atoms with Crippen molar-refractivity contribution >= 4 is 22.1 Å². The molecule has 0 saturated heterocycles. The van der Waals surface area contributed by atoms with Gasteiger partial charge in [0.05, 0.1) is 6.21 Å². The molecule has 1 saturated carbocycles. The Kier molecular flexibility index (Phi) is 2.59. The molecule has 0 radical (unpaired) electrons. The fraction of sp³-hybridized carbons (Fsp3) is 0.333. The molecule has 1 N–H and O–H groups in total. The third-order valence-corrected chi connectivity index (χ3v) is 2.21. The third kappa shape index (κ3) is 2.81. The number of nitrogens with one attached hydrogen (secondary N) is 1. The van der Waals surface area contributed by atoms with Crippen LogP contribution in [0.2, 0.25) is 0 Å². The molecule has 2 rings (SSSR count). The van der Waals surface area contributed by atoms with Gasteiger partial charge in [0.25, 0.3) is 0 Å². The van der Waals surface area contributed by atoms with Crippen LogP contribution in [0.25, 0.3) is 0 Å². The van der Waals surface area contributed by atoms with Crippen molar-refractivity contribution in [2.45, 2.75) is 18.9 Å². The van der Waals surface area contributed by atoms with Gasteiger partial charge in [-0.3, -0.25) is 4.98 Å². The highest BCUT2D eigenvalue weighted by Gasteiger charge is 2.19. The van der Waals surface area contributed by atoms with E-state index >= 15 is 0 Å². The van der Waals surface area contributed by atoms with Crippen LogP contribution < -0.4 is 5.43 Å². The van der Waals surface area contributed by atoms with Crippen molar-refractivity contribution in [1.82, 2.24) is 10.4 Å². The zero-order chi connectivity index (χ0) is 9.10. The molecule has 1 heterocycles. The number of aromatic nitrogens is 1. The second kappa shape index (κ2) is 3.87. The maximum atomic E-state index is 4.11. The maximum Gasteiger partial charge on any atom is 0.0556 e. The molecule has 1 aromatic rings. The number of halogens is 1. The SMILES string of the molecule is Brc1cncc(/C=N/NC2CC2)c1. The third-order valence-electron chi connectivity index (χ3n) is 1.77. The first-order valence-electron chi connectivity index (χ1n) is 4.24. The lowest BCUT2D eigenvalue weighted by Crippen LogP contribution is -2.07. The van der Waals surface area contributed by atoms with E-state index in [0.29, 0.717) is 6.04 Å². The Bertz CT molecular complexity index is 320. The van der Waals surface area contributed by atoms with Gasteiger partial charge in [-0.05, 0) is 34.8 Å². The van der Waals surface area contributed by atoms with Crippen molar-refractivity contribution in [2.75, 3.05) is 0 Å². The average Bonchev–Trinajstić information content (AvgIpc) is 2.88. The fourth-order valence-electron chi connectivity index (χ4n) is 0.929. The summed E-state index contributed by atoms with van der Waals surface area (Å²) >= 11 is 3.35. The molecule has 1 fully saturated rings. The highest BCUT2D eigenvalue weighted by Crippen LogP contribution is 2.18. The number of rotatable bonds is 3. The van der Waals surface area contributed by atoms with E-state index in [9.17, 15) is 0 Å². The minimum absolute atomic E-state index is 0.608. The Morgan fingerprint density at radius 2 is 2.38 bits per heavy atom. The summed E-state index contributed by atoms with van der Waals surface area (Å²) in [7, 11) is 0. The zero-order valence-electron chi connectivity index (χ0n) is 7.07. The van der Waals surface area contributed by atoms with E-state index in [0.717, 1.165) is 10.0 Å². The molecule has 0 aromatic carbocycles. The summed E-state index contributed by atoms with van der Waals surface area (Å²) in [5, 5.41) is 4.11. The highest BCUT2D eigenvalue weighted by molar-refractivity contribution is 9.10. The number of nitrogens with zero attached hydrogens (tertiary/aromatic N) is 2. The van der Waals surface area contributed by atoms with Gasteiger partial charge in [0, 0.05) is 28.5 Å². The quantitative estimate of drug-likeness (QED) is 0.647. The van der Waals surface area contributed by atoms with Gasteiger partial charge in [-0.15, -0.1) is 0 Å². The molecule has 0 amide bonds. The molecule has 0 bridgehead atoms. The standard InChI is InChI=1S/C9H10BrN3/c10-8-3-7(4-11-6-8)5-12-13-9-1-2-9/h3-6,9,13H,1-2H2/b12-5+. The minimum atomic E-state index is 0.608. The van der Waals surface area contributed by atoms with E-state index < -0.39 is 0 Å². The van der Waals surface area contributed by atoms with E-state index in [1.165, 1.54) is 12.8 Å². The van der Waals surface area contributed by atoms with E-state index in [2.05, 4.69) is 31.4 Å². The molecule has 1 aromatic heterocycles. The van der Waals surface area contributed by atoms with Crippen molar-refractivity contribution in [3.8, 4) is 0 Å². The number of pyridine rings is 1. The lowest BCUT2D eigenvalue weighted by atomic mass is 10.3. The summed E-state index contributed by atoms with van der Waals surface area (Å²) in [4.78, 5) is 4.03. The minimum Gasteiger partial charge on any atom is -0.307 e. The summed E-state index contributed by atoms with van der Waals surface area (Å²) < 4.78 is 0.975. The van der Waals surface area contributed by atoms with E-state index in [4.69, 9.17) is 0 Å². The fourth-order valence-corrected chi connectivity index (χ4v) is 1.31. The van der Waals surface area contributed by atoms with Crippen LogP contribution in [0.5, 0.6) is 0 Å². The van der Waals surface area contributed by atoms with E-state index in [-0.39, 0.29) is 0 Å². The van der Waals surface area contributed by atoms with Crippen LogP contribution in [0.15, 0.2) is 28.0 Å². The Morgan fingerprint density at radius 3 is 3.08 bits per heavy atom. The molecule has 1 aliphatic carbocycles. The molecule has 3 nitrogen and oxygen atoms in total. The van der Waals surface area contributed by atoms with Gasteiger partial charge in [-0.25, -0.2) is 0 Å². The van der Waals surface area contributed by atoms with Gasteiger partial charge < -0.3 is 5.43 Å². The van der Waals surface area contributed by atoms with Crippen molar-refractivity contribution in [2.24, 2.45) is 5.10 Å². The largest absolute Gasteiger partial charge is 0.307 e. The van der Waals surface area contributed by atoms with Gasteiger partial charge in [0.1, 0.15) is 0 Å². The Hall–Kier alpha value is -0.900. The van der Waals surface area contributed by atoms with Gasteiger partial charge in [-0.2, -0.15) is 5.10 Å².